The van der Waals surface area contributed by atoms with E-state index < -0.39 is 0 Å². The minimum atomic E-state index is 0. The molecule has 0 radical (unpaired) electrons. The molecule has 1 aromatic heterocycles. The van der Waals surface area contributed by atoms with Crippen LogP contribution in [0.3, 0.4) is 0 Å². The van der Waals surface area contributed by atoms with Crippen molar-refractivity contribution in [1.29, 1.82) is 0 Å². The topological polar surface area (TPSA) is 25.2 Å². The van der Waals surface area contributed by atoms with Crippen LogP contribution in [0.15, 0.2) is 17.4 Å². The van der Waals surface area contributed by atoms with Crippen molar-refractivity contribution in [1.82, 2.24) is 4.98 Å². The van der Waals surface area contributed by atoms with E-state index in [9.17, 15) is 0 Å². The van der Waals surface area contributed by atoms with Crippen LogP contribution in [-0.4, -0.2) is 11.2 Å². The molecule has 0 aliphatic rings. The van der Waals surface area contributed by atoms with Crippen molar-refractivity contribution in [2.45, 2.75) is 34.1 Å². The molecule has 0 aliphatic heterocycles. The molecule has 0 bridgehead atoms. The van der Waals surface area contributed by atoms with Crippen molar-refractivity contribution in [3.8, 4) is 0 Å². The van der Waals surface area contributed by atoms with Gasteiger partial charge in [-0.15, -0.1) is 6.20 Å². The minimum absolute atomic E-state index is 0. The molecule has 76 valence electrons. The van der Waals surface area contributed by atoms with Crippen LogP contribution in [0.25, 0.3) is 0 Å². The average molecular weight is 360 g/mol. The molecular formula is C11H16N2W. The molecule has 1 rings (SSSR count). The standard InChI is InChI=1S/C9H10N2.C2H6.W/c1-3-4-11-9-5-8(2)6-10-7-9;1-2;/h6-7H,3H2,1-2H3;1-2H3;/q-2;;+2. The van der Waals surface area contributed by atoms with Crippen LogP contribution in [0.5, 0.6) is 0 Å². The summed E-state index contributed by atoms with van der Waals surface area (Å²) in [4.78, 5) is 7.99. The number of aromatic nitrogens is 1. The molecule has 0 unspecified atom stereocenters. The SMILES string of the molecule is CC.CC[C-]=Nc1[c-]c(C)cnc1.[W+2]. The molecule has 1 aromatic rings. The fourth-order valence-corrected chi connectivity index (χ4v) is 0.707. The van der Waals surface area contributed by atoms with E-state index in [0.29, 0.717) is 0 Å². The van der Waals surface area contributed by atoms with Crippen LogP contribution in [0.1, 0.15) is 32.8 Å². The summed E-state index contributed by atoms with van der Waals surface area (Å²) in [6.45, 7) is 7.94. The van der Waals surface area contributed by atoms with Crippen LogP contribution in [0.4, 0.5) is 5.69 Å². The molecule has 0 saturated carbocycles. The van der Waals surface area contributed by atoms with Gasteiger partial charge in [-0.1, -0.05) is 40.3 Å². The monoisotopic (exact) mass is 360 g/mol. The third kappa shape index (κ3) is 6.96. The molecule has 0 saturated heterocycles. The summed E-state index contributed by atoms with van der Waals surface area (Å²) in [6, 6.07) is 3.05. The summed E-state index contributed by atoms with van der Waals surface area (Å²) in [6.07, 6.45) is 7.10. The maximum Gasteiger partial charge on any atom is 2.00 e. The Bertz CT molecular complexity index is 259. The first kappa shape index (κ1) is 16.0. The molecule has 3 heteroatoms. The van der Waals surface area contributed by atoms with E-state index in [1.807, 2.05) is 27.7 Å². The van der Waals surface area contributed by atoms with Gasteiger partial charge in [0.05, 0.1) is 0 Å². The van der Waals surface area contributed by atoms with Crippen molar-refractivity contribution >= 4 is 11.9 Å². The summed E-state index contributed by atoms with van der Waals surface area (Å²) in [5.41, 5.74) is 1.76. The van der Waals surface area contributed by atoms with Crippen molar-refractivity contribution in [2.24, 2.45) is 4.99 Å². The van der Waals surface area contributed by atoms with Gasteiger partial charge in [0.2, 0.25) is 0 Å². The summed E-state index contributed by atoms with van der Waals surface area (Å²) >= 11 is 0. The summed E-state index contributed by atoms with van der Waals surface area (Å²) in [5, 5.41) is 0. The Balaban J connectivity index is 0. The molecule has 0 amide bonds. The molecule has 0 N–H and O–H groups in total. The summed E-state index contributed by atoms with van der Waals surface area (Å²) in [5.74, 6) is 0. The Morgan fingerprint density at radius 3 is 2.57 bits per heavy atom. The van der Waals surface area contributed by atoms with Gasteiger partial charge in [-0.05, 0) is 0 Å². The zero-order valence-corrected chi connectivity index (χ0v) is 12.1. The molecule has 0 aliphatic carbocycles. The van der Waals surface area contributed by atoms with Crippen LogP contribution < -0.4 is 0 Å². The minimum Gasteiger partial charge on any atom is -0.480 e. The quantitative estimate of drug-likeness (QED) is 0.588. The summed E-state index contributed by atoms with van der Waals surface area (Å²) < 4.78 is 0. The Hall–Kier alpha value is -0.492. The van der Waals surface area contributed by atoms with Gasteiger partial charge in [0.1, 0.15) is 0 Å². The predicted molar refractivity (Wildman–Crippen MR) is 56.5 cm³/mol. The molecular weight excluding hydrogens is 344 g/mol. The first-order valence-corrected chi connectivity index (χ1v) is 4.60. The predicted octanol–water partition coefficient (Wildman–Crippen LogP) is 3.20. The van der Waals surface area contributed by atoms with E-state index in [-0.39, 0.29) is 21.1 Å². The molecule has 0 fully saturated rings. The van der Waals surface area contributed by atoms with Gasteiger partial charge in [-0.25, -0.2) is 0 Å². The number of rotatable bonds is 2. The Labute approximate surface area is 101 Å². The van der Waals surface area contributed by atoms with Crippen molar-refractivity contribution in [3.63, 3.8) is 0 Å². The fraction of sp³-hybridized carbons (Fsp3) is 0.455. The second-order valence-electron chi connectivity index (χ2n) is 2.22. The van der Waals surface area contributed by atoms with Gasteiger partial charge >= 0.3 is 21.1 Å². The number of aryl methyl sites for hydroxylation is 1. The Kier molecular flexibility index (Phi) is 12.1. The largest absolute Gasteiger partial charge is 2.00 e. The first-order chi connectivity index (χ1) is 6.33. The summed E-state index contributed by atoms with van der Waals surface area (Å²) in [7, 11) is 0. The maximum atomic E-state index is 4.02. The van der Waals surface area contributed by atoms with Crippen LogP contribution in [0, 0.1) is 13.0 Å². The van der Waals surface area contributed by atoms with Crippen LogP contribution >= 0.6 is 0 Å². The zero-order valence-electron chi connectivity index (χ0n) is 9.16. The van der Waals surface area contributed by atoms with Crippen LogP contribution in [-0.2, 0) is 21.1 Å². The van der Waals surface area contributed by atoms with E-state index in [2.05, 4.69) is 22.3 Å². The normalized spacial score (nSPS) is 8.86. The number of hydrogen-bond acceptors (Lipinski definition) is 2. The molecule has 2 nitrogen and oxygen atoms in total. The molecule has 14 heavy (non-hydrogen) atoms. The average Bonchev–Trinajstić information content (AvgIpc) is 2.18. The number of pyridine rings is 1. The van der Waals surface area contributed by atoms with E-state index in [1.165, 1.54) is 0 Å². The van der Waals surface area contributed by atoms with Gasteiger partial charge in [-0.3, -0.25) is 6.07 Å². The van der Waals surface area contributed by atoms with Crippen molar-refractivity contribution in [2.75, 3.05) is 0 Å². The molecule has 0 atom stereocenters. The number of nitrogens with zero attached hydrogens (tertiary/aromatic N) is 2. The maximum absolute atomic E-state index is 4.02. The first-order valence-electron chi connectivity index (χ1n) is 4.60. The second-order valence-corrected chi connectivity index (χ2v) is 2.22. The van der Waals surface area contributed by atoms with Gasteiger partial charge in [0.25, 0.3) is 0 Å². The molecule has 0 spiro atoms. The zero-order chi connectivity index (χ0) is 10.1. The Morgan fingerprint density at radius 1 is 1.43 bits per heavy atom. The van der Waals surface area contributed by atoms with E-state index >= 15 is 0 Å². The van der Waals surface area contributed by atoms with E-state index in [0.717, 1.165) is 17.7 Å². The fourth-order valence-electron chi connectivity index (χ4n) is 0.707. The number of aliphatic imine (C=N–C) groups is 1. The smallest absolute Gasteiger partial charge is 0.480 e. The molecule has 0 aromatic carbocycles. The van der Waals surface area contributed by atoms with Crippen molar-refractivity contribution < 1.29 is 21.1 Å². The van der Waals surface area contributed by atoms with Gasteiger partial charge < -0.3 is 9.98 Å². The van der Waals surface area contributed by atoms with Gasteiger partial charge in [0, 0.05) is 0 Å². The van der Waals surface area contributed by atoms with E-state index in [1.54, 1.807) is 12.4 Å². The van der Waals surface area contributed by atoms with E-state index in [4.69, 9.17) is 0 Å². The second kappa shape index (κ2) is 10.6. The number of hydrogen-bond donors (Lipinski definition) is 0. The third-order valence-corrected chi connectivity index (χ3v) is 1.15. The van der Waals surface area contributed by atoms with Gasteiger partial charge in [0.15, 0.2) is 0 Å². The van der Waals surface area contributed by atoms with Gasteiger partial charge in [-0.2, -0.15) is 17.5 Å². The Morgan fingerprint density at radius 2 is 2.07 bits per heavy atom. The molecule has 1 heterocycles. The van der Waals surface area contributed by atoms with Crippen molar-refractivity contribution in [3.05, 3.63) is 24.0 Å². The van der Waals surface area contributed by atoms with Crippen LogP contribution in [0.2, 0.25) is 0 Å². The third-order valence-electron chi connectivity index (χ3n) is 1.15.